The highest BCUT2D eigenvalue weighted by Crippen LogP contribution is 2.50. The van der Waals surface area contributed by atoms with Gasteiger partial charge >= 0.3 is 0 Å². The third kappa shape index (κ3) is 2.78. The van der Waals surface area contributed by atoms with E-state index in [2.05, 4.69) is 16.2 Å². The highest BCUT2D eigenvalue weighted by molar-refractivity contribution is 5.79. The Hall–Kier alpha value is -2.68. The maximum atomic E-state index is 13.0. The molecule has 1 aliphatic carbocycles. The largest absolute Gasteiger partial charge is 0.341 e. The number of hydrogen-bond donors (Lipinski definition) is 0. The van der Waals surface area contributed by atoms with Gasteiger partial charge in [0.1, 0.15) is 0 Å². The monoisotopic (exact) mass is 350 g/mol. The van der Waals surface area contributed by atoms with E-state index in [1.165, 1.54) is 0 Å². The van der Waals surface area contributed by atoms with Gasteiger partial charge in [0.25, 0.3) is 0 Å². The van der Waals surface area contributed by atoms with Gasteiger partial charge in [-0.1, -0.05) is 35.8 Å². The first kappa shape index (κ1) is 16.8. The Morgan fingerprint density at radius 2 is 2.23 bits per heavy atom. The lowest BCUT2D eigenvalue weighted by Gasteiger charge is -2.24. The Labute approximate surface area is 152 Å². The molecule has 1 amide bonds. The summed E-state index contributed by atoms with van der Waals surface area (Å²) in [5, 5.41) is 13.0. The van der Waals surface area contributed by atoms with Crippen LogP contribution in [-0.4, -0.2) is 34.0 Å². The molecule has 2 heterocycles. The Morgan fingerprint density at radius 1 is 1.42 bits per heavy atom. The molecule has 4 rings (SSSR count). The van der Waals surface area contributed by atoms with E-state index in [4.69, 9.17) is 9.78 Å². The first-order valence-corrected chi connectivity index (χ1v) is 9.15. The van der Waals surface area contributed by atoms with Gasteiger partial charge in [0.15, 0.2) is 5.82 Å². The molecule has 1 saturated heterocycles. The summed E-state index contributed by atoms with van der Waals surface area (Å²) in [5.74, 6) is 1.84. The minimum absolute atomic E-state index is 0.111. The quantitative estimate of drug-likeness (QED) is 0.846. The third-order valence-corrected chi connectivity index (χ3v) is 5.91. The van der Waals surface area contributed by atoms with Gasteiger partial charge in [-0.3, -0.25) is 4.79 Å². The van der Waals surface area contributed by atoms with Gasteiger partial charge in [-0.25, -0.2) is 0 Å². The zero-order chi connectivity index (χ0) is 18.1. The number of rotatable bonds is 4. The van der Waals surface area contributed by atoms with Crippen LogP contribution >= 0.6 is 0 Å². The van der Waals surface area contributed by atoms with Crippen LogP contribution < -0.4 is 0 Å². The van der Waals surface area contributed by atoms with Gasteiger partial charge in [-0.05, 0) is 36.8 Å². The molecule has 0 bridgehead atoms. The highest BCUT2D eigenvalue weighted by atomic mass is 16.5. The topological polar surface area (TPSA) is 83.0 Å². The van der Waals surface area contributed by atoms with E-state index in [1.54, 1.807) is 0 Å². The summed E-state index contributed by atoms with van der Waals surface area (Å²) in [6.45, 7) is 3.23. The van der Waals surface area contributed by atoms with E-state index < -0.39 is 0 Å². The van der Waals surface area contributed by atoms with E-state index in [1.807, 2.05) is 36.1 Å². The van der Waals surface area contributed by atoms with Crippen LogP contribution in [0.5, 0.6) is 0 Å². The summed E-state index contributed by atoms with van der Waals surface area (Å²) in [4.78, 5) is 19.4. The van der Waals surface area contributed by atoms with Crippen molar-refractivity contribution in [1.82, 2.24) is 15.0 Å². The van der Waals surface area contributed by atoms with Crippen molar-refractivity contribution in [3.63, 3.8) is 0 Å². The molecule has 26 heavy (non-hydrogen) atoms. The number of aromatic nitrogens is 2. The van der Waals surface area contributed by atoms with Crippen LogP contribution in [0, 0.1) is 24.2 Å². The lowest BCUT2D eigenvalue weighted by atomic mass is 9.80. The Morgan fingerprint density at radius 3 is 2.96 bits per heavy atom. The van der Waals surface area contributed by atoms with Crippen molar-refractivity contribution in [3.05, 3.63) is 47.1 Å². The molecule has 2 atom stereocenters. The van der Waals surface area contributed by atoms with Crippen LogP contribution in [0.4, 0.5) is 0 Å². The smallest absolute Gasteiger partial charge is 0.234 e. The number of nitrogens with zero attached hydrogens (tertiary/aromatic N) is 4. The van der Waals surface area contributed by atoms with Crippen molar-refractivity contribution in [2.75, 3.05) is 13.1 Å². The fourth-order valence-electron chi connectivity index (χ4n) is 4.59. The van der Waals surface area contributed by atoms with Gasteiger partial charge < -0.3 is 9.42 Å². The van der Waals surface area contributed by atoms with Gasteiger partial charge in [-0.15, -0.1) is 0 Å². The molecule has 1 aromatic heterocycles. The molecule has 2 aliphatic rings. The summed E-state index contributed by atoms with van der Waals surface area (Å²) >= 11 is 0. The number of carbonyl (C=O) groups is 1. The van der Waals surface area contributed by atoms with Crippen molar-refractivity contribution in [1.29, 1.82) is 5.26 Å². The molecule has 6 nitrogen and oxygen atoms in total. The maximum Gasteiger partial charge on any atom is 0.234 e. The normalized spacial score (nSPS) is 24.5. The molecule has 1 aliphatic heterocycles. The molecular formula is C20H22N4O2. The number of carbonyl (C=O) groups excluding carboxylic acids is 1. The second-order valence-electron chi connectivity index (χ2n) is 7.45. The summed E-state index contributed by atoms with van der Waals surface area (Å²) in [6.07, 6.45) is 3.89. The van der Waals surface area contributed by atoms with Crippen LogP contribution in [0.15, 0.2) is 28.8 Å². The van der Waals surface area contributed by atoms with Crippen molar-refractivity contribution in [2.45, 2.75) is 44.4 Å². The second-order valence-corrected chi connectivity index (χ2v) is 7.45. The standard InChI is InChI=1S/C20H22N4O2/c1-14-22-19(26-23-14)20-9-4-7-17(20)12-24(13-20)18(25)11-16-6-3-2-5-15(16)8-10-21/h2-3,5-6,17H,4,7-9,11-13H2,1H3/t17-,20-/m0/s1. The predicted molar refractivity (Wildman–Crippen MR) is 94.1 cm³/mol. The van der Waals surface area contributed by atoms with Crippen LogP contribution in [0.3, 0.4) is 0 Å². The van der Waals surface area contributed by atoms with Gasteiger partial charge in [-0.2, -0.15) is 10.2 Å². The molecule has 0 N–H and O–H groups in total. The average Bonchev–Trinajstić information content (AvgIpc) is 3.30. The minimum atomic E-state index is -0.177. The van der Waals surface area contributed by atoms with E-state index in [-0.39, 0.29) is 11.3 Å². The zero-order valence-corrected chi connectivity index (χ0v) is 14.9. The van der Waals surface area contributed by atoms with Crippen molar-refractivity contribution in [3.8, 4) is 6.07 Å². The van der Waals surface area contributed by atoms with Crippen molar-refractivity contribution >= 4 is 5.91 Å². The predicted octanol–water partition coefficient (Wildman–Crippen LogP) is 2.57. The molecule has 2 fully saturated rings. The minimum Gasteiger partial charge on any atom is -0.341 e. The molecule has 0 radical (unpaired) electrons. The van der Waals surface area contributed by atoms with Crippen LogP contribution in [-0.2, 0) is 23.1 Å². The number of hydrogen-bond acceptors (Lipinski definition) is 5. The fourth-order valence-corrected chi connectivity index (χ4v) is 4.59. The molecule has 1 aromatic carbocycles. The van der Waals surface area contributed by atoms with Crippen LogP contribution in [0.1, 0.15) is 42.1 Å². The Balaban J connectivity index is 1.53. The molecule has 0 spiro atoms. The van der Waals surface area contributed by atoms with Crippen molar-refractivity contribution < 1.29 is 9.32 Å². The molecule has 1 saturated carbocycles. The van der Waals surface area contributed by atoms with E-state index in [0.717, 1.165) is 36.9 Å². The van der Waals surface area contributed by atoms with E-state index in [9.17, 15) is 4.79 Å². The van der Waals surface area contributed by atoms with Crippen LogP contribution in [0.2, 0.25) is 0 Å². The first-order valence-electron chi connectivity index (χ1n) is 9.15. The fraction of sp³-hybridized carbons (Fsp3) is 0.500. The highest BCUT2D eigenvalue weighted by Gasteiger charge is 2.55. The number of amides is 1. The summed E-state index contributed by atoms with van der Waals surface area (Å²) in [6, 6.07) is 9.88. The van der Waals surface area contributed by atoms with Crippen LogP contribution in [0.25, 0.3) is 0 Å². The van der Waals surface area contributed by atoms with E-state index in [0.29, 0.717) is 37.0 Å². The lowest BCUT2D eigenvalue weighted by Crippen LogP contribution is -2.35. The summed E-state index contributed by atoms with van der Waals surface area (Å²) in [7, 11) is 0. The second kappa shape index (κ2) is 6.56. The molecule has 134 valence electrons. The SMILES string of the molecule is Cc1noc([C@]23CCC[C@H]2CN(C(=O)Cc2ccccc2CC#N)C3)n1. The Kier molecular flexibility index (Phi) is 4.23. The lowest BCUT2D eigenvalue weighted by molar-refractivity contribution is -0.129. The first-order chi connectivity index (χ1) is 12.6. The molecule has 2 aromatic rings. The third-order valence-electron chi connectivity index (χ3n) is 5.91. The van der Waals surface area contributed by atoms with Gasteiger partial charge in [0.2, 0.25) is 11.8 Å². The number of aryl methyl sites for hydroxylation is 1. The maximum absolute atomic E-state index is 13.0. The summed E-state index contributed by atoms with van der Waals surface area (Å²) in [5.41, 5.74) is 1.70. The van der Waals surface area contributed by atoms with Gasteiger partial charge in [0.05, 0.1) is 24.3 Å². The number of benzene rings is 1. The number of fused-ring (bicyclic) bond motifs is 1. The van der Waals surface area contributed by atoms with Crippen molar-refractivity contribution in [2.24, 2.45) is 5.92 Å². The molecular weight excluding hydrogens is 328 g/mol. The summed E-state index contributed by atoms with van der Waals surface area (Å²) < 4.78 is 5.52. The number of nitriles is 1. The molecule has 0 unspecified atom stereocenters. The van der Waals surface area contributed by atoms with E-state index >= 15 is 0 Å². The Bertz CT molecular complexity index is 869. The molecule has 6 heteroatoms. The zero-order valence-electron chi connectivity index (χ0n) is 14.9. The average molecular weight is 350 g/mol. The number of likely N-dealkylation sites (tertiary alicyclic amines) is 1. The van der Waals surface area contributed by atoms with Gasteiger partial charge in [0, 0.05) is 13.1 Å².